The molecule has 1 atom stereocenters. The van der Waals surface area contributed by atoms with E-state index in [1.165, 1.54) is 15.9 Å². The van der Waals surface area contributed by atoms with Gasteiger partial charge in [-0.15, -0.1) is 11.5 Å². The lowest BCUT2D eigenvalue weighted by molar-refractivity contribution is 0.227. The highest BCUT2D eigenvalue weighted by atomic mass is 28.4. The standard InChI is InChI=1S/C36H49NOSi2/c1-8-33(23-20-29-37(28-18-19-30-39(5,6)7)31-32-21-12-9-13-22-32)38-40(36(2,3)4,34-24-14-10-15-25-34)35-26-16-11-17-27-35/h9-17,20-27,33H,8,18,28-29,31H2,1-7H3/b23-20+/t33-/m0/s1. The van der Waals surface area contributed by atoms with Crippen molar-refractivity contribution < 1.29 is 4.43 Å². The molecule has 0 aliphatic rings. The van der Waals surface area contributed by atoms with Crippen molar-refractivity contribution >= 4 is 26.8 Å². The van der Waals surface area contributed by atoms with Crippen molar-refractivity contribution in [1.29, 1.82) is 0 Å². The summed E-state index contributed by atoms with van der Waals surface area (Å²) >= 11 is 0. The maximum Gasteiger partial charge on any atom is 0.261 e. The Kier molecular flexibility index (Phi) is 11.8. The fraction of sp³-hybridized carbons (Fsp3) is 0.389. The molecule has 0 aromatic heterocycles. The Labute approximate surface area is 246 Å². The number of hydrogen-bond acceptors (Lipinski definition) is 2. The van der Waals surface area contributed by atoms with Crippen LogP contribution in [0.5, 0.6) is 0 Å². The molecule has 2 nitrogen and oxygen atoms in total. The van der Waals surface area contributed by atoms with E-state index < -0.39 is 16.4 Å². The molecule has 0 spiro atoms. The second kappa shape index (κ2) is 14.8. The highest BCUT2D eigenvalue weighted by molar-refractivity contribution is 6.99. The van der Waals surface area contributed by atoms with Crippen LogP contribution in [0.4, 0.5) is 0 Å². The molecule has 4 heteroatoms. The van der Waals surface area contributed by atoms with Gasteiger partial charge in [-0.05, 0) is 27.4 Å². The van der Waals surface area contributed by atoms with Crippen molar-refractivity contribution in [1.82, 2.24) is 4.90 Å². The van der Waals surface area contributed by atoms with Crippen LogP contribution in [0.3, 0.4) is 0 Å². The summed E-state index contributed by atoms with van der Waals surface area (Å²) in [5.74, 6) is 3.46. The molecule has 0 aliphatic heterocycles. The van der Waals surface area contributed by atoms with Crippen LogP contribution >= 0.6 is 0 Å². The molecule has 212 valence electrons. The largest absolute Gasteiger partial charge is 0.401 e. The molecule has 40 heavy (non-hydrogen) atoms. The normalized spacial score (nSPS) is 13.3. The predicted molar refractivity (Wildman–Crippen MR) is 179 cm³/mol. The van der Waals surface area contributed by atoms with Gasteiger partial charge in [0.05, 0.1) is 6.10 Å². The summed E-state index contributed by atoms with van der Waals surface area (Å²) < 4.78 is 7.38. The molecule has 0 fully saturated rings. The minimum atomic E-state index is -2.59. The molecule has 0 aliphatic carbocycles. The Bertz CT molecular complexity index is 1190. The number of benzene rings is 3. The van der Waals surface area contributed by atoms with Gasteiger partial charge < -0.3 is 4.43 Å². The van der Waals surface area contributed by atoms with E-state index in [4.69, 9.17) is 4.43 Å². The Morgan fingerprint density at radius 3 is 1.82 bits per heavy atom. The van der Waals surface area contributed by atoms with Gasteiger partial charge in [-0.2, -0.15) is 0 Å². The number of hydrogen-bond donors (Lipinski definition) is 0. The summed E-state index contributed by atoms with van der Waals surface area (Å²) in [6.07, 6.45) is 6.50. The maximum absolute atomic E-state index is 7.38. The first-order valence-electron chi connectivity index (χ1n) is 14.8. The van der Waals surface area contributed by atoms with E-state index in [0.29, 0.717) is 0 Å². The molecule has 3 rings (SSSR count). The van der Waals surface area contributed by atoms with Gasteiger partial charge in [0.1, 0.15) is 8.07 Å². The van der Waals surface area contributed by atoms with E-state index in [1.54, 1.807) is 0 Å². The summed E-state index contributed by atoms with van der Waals surface area (Å²) in [5.41, 5.74) is 4.86. The predicted octanol–water partition coefficient (Wildman–Crippen LogP) is 7.67. The van der Waals surface area contributed by atoms with E-state index in [0.717, 1.165) is 32.5 Å². The van der Waals surface area contributed by atoms with Crippen LogP contribution in [0.15, 0.2) is 103 Å². The van der Waals surface area contributed by atoms with Crippen molar-refractivity contribution in [2.45, 2.75) is 77.9 Å². The quantitative estimate of drug-likeness (QED) is 0.126. The number of rotatable bonds is 12. The Morgan fingerprint density at radius 1 is 0.825 bits per heavy atom. The van der Waals surface area contributed by atoms with Crippen LogP contribution in [0.25, 0.3) is 0 Å². The molecule has 0 N–H and O–H groups in total. The molecule has 0 heterocycles. The first kappa shape index (κ1) is 31.8. The molecule has 0 amide bonds. The lowest BCUT2D eigenvalue weighted by Gasteiger charge is -2.44. The molecule has 0 bridgehead atoms. The Balaban J connectivity index is 1.85. The van der Waals surface area contributed by atoms with Gasteiger partial charge in [0.25, 0.3) is 8.32 Å². The monoisotopic (exact) mass is 567 g/mol. The lowest BCUT2D eigenvalue weighted by atomic mass is 10.2. The summed E-state index contributed by atoms with van der Waals surface area (Å²) in [7, 11) is -3.94. The lowest BCUT2D eigenvalue weighted by Crippen LogP contribution is -2.67. The van der Waals surface area contributed by atoms with Crippen molar-refractivity contribution in [2.75, 3.05) is 13.1 Å². The SMILES string of the molecule is CC[C@@H](/C=C/CN(CCC#C[Si](C)(C)C)Cc1ccccc1)O[Si](c1ccccc1)(c1ccccc1)C(C)(C)C. The highest BCUT2D eigenvalue weighted by Gasteiger charge is 2.51. The van der Waals surface area contributed by atoms with Gasteiger partial charge in [0, 0.05) is 26.1 Å². The first-order valence-corrected chi connectivity index (χ1v) is 20.2. The average molecular weight is 568 g/mol. The van der Waals surface area contributed by atoms with Crippen LogP contribution in [0.1, 0.15) is 46.1 Å². The van der Waals surface area contributed by atoms with Crippen LogP contribution in [-0.4, -0.2) is 40.5 Å². The molecule has 0 saturated carbocycles. The molecular weight excluding hydrogens is 519 g/mol. The molecular formula is C36H49NOSi2. The second-order valence-electron chi connectivity index (χ2n) is 12.7. The summed E-state index contributed by atoms with van der Waals surface area (Å²) in [6.45, 7) is 19.0. The summed E-state index contributed by atoms with van der Waals surface area (Å²) in [4.78, 5) is 2.50. The first-order chi connectivity index (χ1) is 19.0. The smallest absolute Gasteiger partial charge is 0.261 e. The Morgan fingerprint density at radius 2 is 1.35 bits per heavy atom. The third-order valence-electron chi connectivity index (χ3n) is 7.13. The highest BCUT2D eigenvalue weighted by Crippen LogP contribution is 2.38. The van der Waals surface area contributed by atoms with E-state index in [1.807, 2.05) is 0 Å². The molecule has 3 aromatic rings. The van der Waals surface area contributed by atoms with E-state index in [9.17, 15) is 0 Å². The van der Waals surface area contributed by atoms with Crippen LogP contribution in [0.2, 0.25) is 24.7 Å². The number of nitrogens with zero attached hydrogens (tertiary/aromatic N) is 1. The van der Waals surface area contributed by atoms with Crippen LogP contribution in [0, 0.1) is 11.5 Å². The topological polar surface area (TPSA) is 12.5 Å². The van der Waals surface area contributed by atoms with Gasteiger partial charge in [-0.3, -0.25) is 4.90 Å². The molecule has 0 radical (unpaired) electrons. The van der Waals surface area contributed by atoms with Gasteiger partial charge in [-0.25, -0.2) is 0 Å². The fourth-order valence-electron chi connectivity index (χ4n) is 5.16. The minimum Gasteiger partial charge on any atom is -0.401 e. The zero-order chi connectivity index (χ0) is 29.1. The van der Waals surface area contributed by atoms with Crippen molar-refractivity contribution in [2.24, 2.45) is 0 Å². The zero-order valence-corrected chi connectivity index (χ0v) is 27.8. The third kappa shape index (κ3) is 9.18. The van der Waals surface area contributed by atoms with Crippen LogP contribution in [-0.2, 0) is 11.0 Å². The second-order valence-corrected chi connectivity index (χ2v) is 21.7. The van der Waals surface area contributed by atoms with Crippen molar-refractivity contribution in [3.8, 4) is 11.5 Å². The van der Waals surface area contributed by atoms with Crippen molar-refractivity contribution in [3.05, 3.63) is 109 Å². The van der Waals surface area contributed by atoms with Crippen molar-refractivity contribution in [3.63, 3.8) is 0 Å². The van der Waals surface area contributed by atoms with E-state index in [2.05, 4.69) is 167 Å². The maximum atomic E-state index is 7.38. The van der Waals surface area contributed by atoms with Gasteiger partial charge in [0.2, 0.25) is 0 Å². The minimum absolute atomic E-state index is 0.0364. The third-order valence-corrected chi connectivity index (χ3v) is 13.1. The van der Waals surface area contributed by atoms with E-state index >= 15 is 0 Å². The van der Waals surface area contributed by atoms with Gasteiger partial charge in [-0.1, -0.05) is 150 Å². The van der Waals surface area contributed by atoms with Gasteiger partial charge in [0.15, 0.2) is 0 Å². The zero-order valence-electron chi connectivity index (χ0n) is 25.8. The molecule has 0 unspecified atom stereocenters. The Hall–Kier alpha value is -2.69. The molecule has 3 aromatic carbocycles. The van der Waals surface area contributed by atoms with Gasteiger partial charge >= 0.3 is 0 Å². The summed E-state index contributed by atoms with van der Waals surface area (Å²) in [5, 5.41) is 2.62. The molecule has 0 saturated heterocycles. The fourth-order valence-corrected chi connectivity index (χ4v) is 10.5. The summed E-state index contributed by atoms with van der Waals surface area (Å²) in [6, 6.07) is 32.6. The average Bonchev–Trinajstić information content (AvgIpc) is 2.93. The van der Waals surface area contributed by atoms with E-state index in [-0.39, 0.29) is 11.1 Å². The van der Waals surface area contributed by atoms with Crippen LogP contribution < -0.4 is 10.4 Å².